The summed E-state index contributed by atoms with van der Waals surface area (Å²) in [6, 6.07) is 8.34. The van der Waals surface area contributed by atoms with E-state index in [2.05, 4.69) is 24.8 Å². The van der Waals surface area contributed by atoms with Crippen molar-refractivity contribution in [1.29, 1.82) is 0 Å². The highest BCUT2D eigenvalue weighted by atomic mass is 16.5. The van der Waals surface area contributed by atoms with E-state index in [-0.39, 0.29) is 6.04 Å². The first-order valence-corrected chi connectivity index (χ1v) is 5.85. The molecular weight excluding hydrogens is 200 g/mol. The standard InChI is InChI=1S/C13H22N2O/c1-4-15(5-2)12(10-14)11-8-6-7-9-13(11)16-3/h6-9,12H,4-5,10,14H2,1-3H3. The first-order chi connectivity index (χ1) is 7.78. The Morgan fingerprint density at radius 2 is 1.88 bits per heavy atom. The fraction of sp³-hybridized carbons (Fsp3) is 0.538. The normalized spacial score (nSPS) is 12.8. The quantitative estimate of drug-likeness (QED) is 0.800. The van der Waals surface area contributed by atoms with Crippen LogP contribution in [0.15, 0.2) is 24.3 Å². The molecule has 2 N–H and O–H groups in total. The predicted octanol–water partition coefficient (Wildman–Crippen LogP) is 2.04. The lowest BCUT2D eigenvalue weighted by Gasteiger charge is -2.29. The largest absolute Gasteiger partial charge is 0.496 e. The Kier molecular flexibility index (Phi) is 5.29. The Morgan fingerprint density at radius 3 is 2.38 bits per heavy atom. The maximum atomic E-state index is 5.88. The second-order valence-corrected chi connectivity index (χ2v) is 3.71. The van der Waals surface area contributed by atoms with Crippen LogP contribution < -0.4 is 10.5 Å². The van der Waals surface area contributed by atoms with Crippen molar-refractivity contribution >= 4 is 0 Å². The van der Waals surface area contributed by atoms with Crippen LogP contribution in [0, 0.1) is 0 Å². The summed E-state index contributed by atoms with van der Waals surface area (Å²) in [6.07, 6.45) is 0. The molecule has 0 amide bonds. The Bertz CT molecular complexity index is 311. The molecule has 0 fully saturated rings. The van der Waals surface area contributed by atoms with Crippen LogP contribution in [0.1, 0.15) is 25.5 Å². The number of hydrogen-bond donors (Lipinski definition) is 1. The van der Waals surface area contributed by atoms with Gasteiger partial charge >= 0.3 is 0 Å². The van der Waals surface area contributed by atoms with Crippen molar-refractivity contribution in [2.75, 3.05) is 26.7 Å². The van der Waals surface area contributed by atoms with Gasteiger partial charge in [0.1, 0.15) is 5.75 Å². The van der Waals surface area contributed by atoms with E-state index < -0.39 is 0 Å². The smallest absolute Gasteiger partial charge is 0.123 e. The van der Waals surface area contributed by atoms with Gasteiger partial charge in [-0.15, -0.1) is 0 Å². The first-order valence-electron chi connectivity index (χ1n) is 5.85. The van der Waals surface area contributed by atoms with Crippen molar-refractivity contribution < 1.29 is 4.74 Å². The van der Waals surface area contributed by atoms with Gasteiger partial charge in [0, 0.05) is 12.1 Å². The summed E-state index contributed by atoms with van der Waals surface area (Å²) in [4.78, 5) is 2.35. The van der Waals surface area contributed by atoms with Crippen molar-refractivity contribution in [3.63, 3.8) is 0 Å². The summed E-state index contributed by atoms with van der Waals surface area (Å²) in [5, 5.41) is 0. The highest BCUT2D eigenvalue weighted by Crippen LogP contribution is 2.28. The van der Waals surface area contributed by atoms with Crippen molar-refractivity contribution in [2.45, 2.75) is 19.9 Å². The molecule has 0 bridgehead atoms. The molecule has 0 saturated carbocycles. The molecule has 1 rings (SSSR count). The second kappa shape index (κ2) is 6.51. The van der Waals surface area contributed by atoms with E-state index in [1.807, 2.05) is 18.2 Å². The average molecular weight is 222 g/mol. The van der Waals surface area contributed by atoms with Gasteiger partial charge in [-0.1, -0.05) is 32.0 Å². The fourth-order valence-electron chi connectivity index (χ4n) is 2.08. The summed E-state index contributed by atoms with van der Waals surface area (Å²) in [6.45, 7) is 6.91. The lowest BCUT2D eigenvalue weighted by molar-refractivity contribution is 0.219. The molecule has 1 unspecified atom stereocenters. The number of rotatable bonds is 6. The number of likely N-dealkylation sites (N-methyl/N-ethyl adjacent to an activating group) is 1. The summed E-state index contributed by atoms with van der Waals surface area (Å²) in [5.41, 5.74) is 7.06. The molecule has 16 heavy (non-hydrogen) atoms. The van der Waals surface area contributed by atoms with Crippen LogP contribution >= 0.6 is 0 Å². The zero-order chi connectivity index (χ0) is 12.0. The Morgan fingerprint density at radius 1 is 1.25 bits per heavy atom. The van der Waals surface area contributed by atoms with Gasteiger partial charge < -0.3 is 10.5 Å². The van der Waals surface area contributed by atoms with Crippen LogP contribution in [0.4, 0.5) is 0 Å². The molecule has 1 aromatic rings. The maximum absolute atomic E-state index is 5.88. The molecule has 0 aliphatic carbocycles. The number of nitrogens with zero attached hydrogens (tertiary/aromatic N) is 1. The minimum Gasteiger partial charge on any atom is -0.496 e. The molecule has 3 heteroatoms. The number of ether oxygens (including phenoxy) is 1. The highest BCUT2D eigenvalue weighted by molar-refractivity contribution is 5.36. The number of para-hydroxylation sites is 1. The van der Waals surface area contributed by atoms with Gasteiger partial charge in [-0.2, -0.15) is 0 Å². The molecule has 3 nitrogen and oxygen atoms in total. The third-order valence-electron chi connectivity index (χ3n) is 2.97. The van der Waals surface area contributed by atoms with E-state index in [0.29, 0.717) is 6.54 Å². The molecule has 0 aliphatic rings. The summed E-state index contributed by atoms with van der Waals surface area (Å²) in [5.74, 6) is 0.921. The molecule has 0 radical (unpaired) electrons. The van der Waals surface area contributed by atoms with E-state index in [1.165, 1.54) is 5.56 Å². The topological polar surface area (TPSA) is 38.5 Å². The van der Waals surface area contributed by atoms with E-state index in [9.17, 15) is 0 Å². The molecule has 0 heterocycles. The summed E-state index contributed by atoms with van der Waals surface area (Å²) in [7, 11) is 1.70. The van der Waals surface area contributed by atoms with E-state index >= 15 is 0 Å². The Balaban J connectivity index is 3.02. The van der Waals surface area contributed by atoms with Crippen molar-refractivity contribution in [2.24, 2.45) is 5.73 Å². The van der Waals surface area contributed by atoms with Crippen LogP contribution in [0.25, 0.3) is 0 Å². The zero-order valence-corrected chi connectivity index (χ0v) is 10.4. The van der Waals surface area contributed by atoms with Crippen molar-refractivity contribution in [1.82, 2.24) is 4.90 Å². The Hall–Kier alpha value is -1.06. The van der Waals surface area contributed by atoms with Crippen LogP contribution in [0.5, 0.6) is 5.75 Å². The number of methoxy groups -OCH3 is 1. The molecule has 1 aromatic carbocycles. The first kappa shape index (κ1) is 13.0. The van der Waals surface area contributed by atoms with Crippen molar-refractivity contribution in [3.8, 4) is 5.75 Å². The number of hydrogen-bond acceptors (Lipinski definition) is 3. The lowest BCUT2D eigenvalue weighted by Crippen LogP contribution is -2.33. The fourth-order valence-corrected chi connectivity index (χ4v) is 2.08. The Labute approximate surface area is 98.2 Å². The number of nitrogens with two attached hydrogens (primary N) is 1. The van der Waals surface area contributed by atoms with Gasteiger partial charge in [-0.3, -0.25) is 4.90 Å². The van der Waals surface area contributed by atoms with Gasteiger partial charge in [0.25, 0.3) is 0 Å². The SMILES string of the molecule is CCN(CC)C(CN)c1ccccc1OC. The van der Waals surface area contributed by atoms with Gasteiger partial charge in [0.15, 0.2) is 0 Å². The minimum absolute atomic E-state index is 0.242. The van der Waals surface area contributed by atoms with E-state index in [1.54, 1.807) is 7.11 Å². The molecule has 0 aromatic heterocycles. The van der Waals surface area contributed by atoms with Crippen LogP contribution in [0.2, 0.25) is 0 Å². The van der Waals surface area contributed by atoms with Crippen LogP contribution in [-0.2, 0) is 0 Å². The second-order valence-electron chi connectivity index (χ2n) is 3.71. The summed E-state index contributed by atoms with van der Waals surface area (Å²) < 4.78 is 5.39. The summed E-state index contributed by atoms with van der Waals surface area (Å²) >= 11 is 0. The van der Waals surface area contributed by atoms with Crippen molar-refractivity contribution in [3.05, 3.63) is 29.8 Å². The number of benzene rings is 1. The van der Waals surface area contributed by atoms with E-state index in [0.717, 1.165) is 18.8 Å². The monoisotopic (exact) mass is 222 g/mol. The third kappa shape index (κ3) is 2.74. The zero-order valence-electron chi connectivity index (χ0n) is 10.4. The highest BCUT2D eigenvalue weighted by Gasteiger charge is 2.19. The van der Waals surface area contributed by atoms with E-state index in [4.69, 9.17) is 10.5 Å². The van der Waals surface area contributed by atoms with Crippen LogP contribution in [-0.4, -0.2) is 31.6 Å². The average Bonchev–Trinajstić information content (AvgIpc) is 2.35. The van der Waals surface area contributed by atoms with Crippen LogP contribution in [0.3, 0.4) is 0 Å². The molecular formula is C13H22N2O. The molecule has 90 valence electrons. The van der Waals surface area contributed by atoms with Gasteiger partial charge in [-0.25, -0.2) is 0 Å². The van der Waals surface area contributed by atoms with Gasteiger partial charge in [-0.05, 0) is 19.2 Å². The minimum atomic E-state index is 0.242. The molecule has 0 saturated heterocycles. The maximum Gasteiger partial charge on any atom is 0.123 e. The predicted molar refractivity (Wildman–Crippen MR) is 67.7 cm³/mol. The lowest BCUT2D eigenvalue weighted by atomic mass is 10.0. The molecule has 1 atom stereocenters. The van der Waals surface area contributed by atoms with Gasteiger partial charge in [0.05, 0.1) is 13.2 Å². The van der Waals surface area contributed by atoms with Gasteiger partial charge in [0.2, 0.25) is 0 Å². The molecule has 0 spiro atoms. The molecule has 0 aliphatic heterocycles. The third-order valence-corrected chi connectivity index (χ3v) is 2.97.